The largest absolute Gasteiger partial charge is 0.500 e. The maximum absolute atomic E-state index is 5.69. The molecule has 0 radical (unpaired) electrons. The van der Waals surface area contributed by atoms with E-state index in [2.05, 4.69) is 148 Å². The molecular formula is C36H22BN4OPt-3. The summed E-state index contributed by atoms with van der Waals surface area (Å²) >= 11 is 0. The SMILES string of the molecule is [Pt].[c-]1c(-c2ncco2)ccc2c1B1c3[c-]c(N4C=CN(c5ccccc5)[CH-]4)ccc3-c3ccccc3N1c1ccccc1-2. The number of benzene rings is 5. The van der Waals surface area contributed by atoms with Gasteiger partial charge in [0.1, 0.15) is 5.89 Å². The van der Waals surface area contributed by atoms with Crippen molar-refractivity contribution in [1.29, 1.82) is 0 Å². The molecule has 0 fully saturated rings. The summed E-state index contributed by atoms with van der Waals surface area (Å²) in [4.78, 5) is 11.1. The van der Waals surface area contributed by atoms with Crippen molar-refractivity contribution in [3.63, 3.8) is 0 Å². The van der Waals surface area contributed by atoms with E-state index in [4.69, 9.17) is 4.42 Å². The molecule has 0 bridgehead atoms. The summed E-state index contributed by atoms with van der Waals surface area (Å²) in [6.45, 7) is 1.96. The second-order valence-electron chi connectivity index (χ2n) is 10.6. The van der Waals surface area contributed by atoms with Gasteiger partial charge >= 0.3 is 0 Å². The minimum atomic E-state index is -0.133. The molecule has 7 heteroatoms. The minimum Gasteiger partial charge on any atom is -0.500 e. The van der Waals surface area contributed by atoms with Crippen molar-refractivity contribution in [2.24, 2.45) is 0 Å². The molecule has 4 heterocycles. The number of anilines is 4. The molecule has 208 valence electrons. The Morgan fingerprint density at radius 3 is 2.02 bits per heavy atom. The van der Waals surface area contributed by atoms with Crippen LogP contribution in [-0.4, -0.2) is 11.8 Å². The van der Waals surface area contributed by atoms with E-state index in [0.29, 0.717) is 5.89 Å². The van der Waals surface area contributed by atoms with Gasteiger partial charge in [0.2, 0.25) is 0 Å². The summed E-state index contributed by atoms with van der Waals surface area (Å²) < 4.78 is 5.69. The number of hydrogen-bond acceptors (Lipinski definition) is 5. The normalized spacial score (nSPS) is 14.0. The number of oxazole rings is 1. The van der Waals surface area contributed by atoms with Crippen molar-refractivity contribution < 1.29 is 25.5 Å². The van der Waals surface area contributed by atoms with Crippen LogP contribution in [0.3, 0.4) is 0 Å². The van der Waals surface area contributed by atoms with Gasteiger partial charge in [-0.1, -0.05) is 65.7 Å². The van der Waals surface area contributed by atoms with Crippen LogP contribution in [0.1, 0.15) is 0 Å². The van der Waals surface area contributed by atoms with E-state index in [1.807, 2.05) is 6.07 Å². The van der Waals surface area contributed by atoms with Gasteiger partial charge in [0, 0.05) is 38.1 Å². The average molecular weight is 732 g/mol. The van der Waals surface area contributed by atoms with E-state index in [9.17, 15) is 0 Å². The molecule has 3 aliphatic rings. The number of nitrogens with zero attached hydrogens (tertiary/aromatic N) is 4. The Morgan fingerprint density at radius 1 is 0.651 bits per heavy atom. The Kier molecular flexibility index (Phi) is 6.13. The van der Waals surface area contributed by atoms with Gasteiger partial charge in [0.25, 0.3) is 6.85 Å². The summed E-state index contributed by atoms with van der Waals surface area (Å²) in [5.74, 6) is 0.565. The van der Waals surface area contributed by atoms with Crippen LogP contribution in [0.15, 0.2) is 132 Å². The third-order valence-corrected chi connectivity index (χ3v) is 8.28. The zero-order chi connectivity index (χ0) is 27.6. The minimum absolute atomic E-state index is 0. The fraction of sp³-hybridized carbons (Fsp3) is 0. The van der Waals surface area contributed by atoms with Gasteiger partial charge < -0.3 is 19.0 Å². The Balaban J connectivity index is 0.00000278. The summed E-state index contributed by atoms with van der Waals surface area (Å²) in [7, 11) is 0. The Hall–Kier alpha value is -4.80. The Morgan fingerprint density at radius 2 is 1.30 bits per heavy atom. The van der Waals surface area contributed by atoms with Gasteiger partial charge in [0.15, 0.2) is 0 Å². The Bertz CT molecular complexity index is 2010. The number of fused-ring (bicyclic) bond motifs is 11. The van der Waals surface area contributed by atoms with Crippen molar-refractivity contribution >= 4 is 40.5 Å². The van der Waals surface area contributed by atoms with Crippen LogP contribution in [0.2, 0.25) is 0 Å². The standard InChI is InChI=1S/C36H22BN4O.Pt/c1-2-8-26(9-3-1)39-19-20-40(24-39)27-15-17-29-31-11-5-7-13-35(31)41-34-12-6-4-10-30(34)28-16-14-25(36-38-18-21-42-36)22-32(28)37(41)33(29)23-27;/h1-21,24H;/q-3;. The van der Waals surface area contributed by atoms with Crippen LogP contribution >= 0.6 is 0 Å². The van der Waals surface area contributed by atoms with E-state index in [0.717, 1.165) is 33.4 Å². The van der Waals surface area contributed by atoms with E-state index >= 15 is 0 Å². The van der Waals surface area contributed by atoms with E-state index in [1.165, 1.54) is 28.1 Å². The van der Waals surface area contributed by atoms with Gasteiger partial charge in [-0.05, 0) is 42.2 Å². The molecule has 0 atom stereocenters. The molecule has 6 aromatic rings. The maximum atomic E-state index is 5.69. The number of rotatable bonds is 3. The first-order valence-electron chi connectivity index (χ1n) is 14.0. The molecule has 0 N–H and O–H groups in total. The zero-order valence-corrected chi connectivity index (χ0v) is 25.1. The quantitative estimate of drug-likeness (QED) is 0.149. The average Bonchev–Trinajstić information content (AvgIpc) is 3.78. The summed E-state index contributed by atoms with van der Waals surface area (Å²) in [5, 5.41) is 0. The van der Waals surface area contributed by atoms with Crippen molar-refractivity contribution in [2.45, 2.75) is 0 Å². The van der Waals surface area contributed by atoms with Crippen LogP contribution in [0.25, 0.3) is 33.7 Å². The molecule has 9 rings (SSSR count). The predicted octanol–water partition coefficient (Wildman–Crippen LogP) is 6.76. The molecule has 0 spiro atoms. The molecule has 0 saturated carbocycles. The van der Waals surface area contributed by atoms with Gasteiger partial charge in [0.05, 0.1) is 12.5 Å². The molecule has 0 saturated heterocycles. The molecule has 43 heavy (non-hydrogen) atoms. The predicted molar refractivity (Wildman–Crippen MR) is 169 cm³/mol. The molecule has 1 aromatic heterocycles. The summed E-state index contributed by atoms with van der Waals surface area (Å²) in [6, 6.07) is 43.9. The number of para-hydroxylation sites is 3. The van der Waals surface area contributed by atoms with Crippen molar-refractivity contribution in [3.8, 4) is 33.7 Å². The van der Waals surface area contributed by atoms with Gasteiger partial charge in [-0.3, -0.25) is 4.98 Å². The fourth-order valence-corrected chi connectivity index (χ4v) is 6.43. The Labute approximate surface area is 265 Å². The fourth-order valence-electron chi connectivity index (χ4n) is 6.43. The summed E-state index contributed by atoms with van der Waals surface area (Å²) in [6.07, 6.45) is 7.44. The topological polar surface area (TPSA) is 35.8 Å². The van der Waals surface area contributed by atoms with Crippen LogP contribution in [-0.2, 0) is 21.1 Å². The molecular weight excluding hydrogens is 710 g/mol. The number of aromatic nitrogens is 1. The number of hydrogen-bond donors (Lipinski definition) is 0. The van der Waals surface area contributed by atoms with Gasteiger partial charge in [-0.15, -0.1) is 53.2 Å². The summed E-state index contributed by atoms with van der Waals surface area (Å²) in [5.41, 5.74) is 12.2. The van der Waals surface area contributed by atoms with Crippen molar-refractivity contribution in [3.05, 3.63) is 147 Å². The van der Waals surface area contributed by atoms with Crippen LogP contribution in [0.5, 0.6) is 0 Å². The maximum Gasteiger partial charge on any atom is 0.285 e. The third-order valence-electron chi connectivity index (χ3n) is 8.28. The second kappa shape index (κ2) is 10.2. The molecule has 3 aliphatic heterocycles. The van der Waals surface area contributed by atoms with E-state index in [1.54, 1.807) is 12.5 Å². The molecule has 5 nitrogen and oxygen atoms in total. The van der Waals surface area contributed by atoms with Gasteiger partial charge in [-0.25, -0.2) is 0 Å². The van der Waals surface area contributed by atoms with Crippen molar-refractivity contribution in [2.75, 3.05) is 14.6 Å². The second-order valence-corrected chi connectivity index (χ2v) is 10.6. The first kappa shape index (κ1) is 25.9. The van der Waals surface area contributed by atoms with Crippen molar-refractivity contribution in [1.82, 2.24) is 4.98 Å². The van der Waals surface area contributed by atoms with Gasteiger partial charge in [-0.2, -0.15) is 17.6 Å². The first-order chi connectivity index (χ1) is 20.8. The van der Waals surface area contributed by atoms with E-state index in [-0.39, 0.29) is 27.9 Å². The van der Waals surface area contributed by atoms with E-state index < -0.39 is 0 Å². The monoisotopic (exact) mass is 732 g/mol. The van der Waals surface area contributed by atoms with Crippen LogP contribution < -0.4 is 25.5 Å². The molecule has 0 unspecified atom stereocenters. The first-order valence-corrected chi connectivity index (χ1v) is 14.0. The molecule has 5 aromatic carbocycles. The molecule has 0 aliphatic carbocycles. The molecule has 0 amide bonds. The van der Waals surface area contributed by atoms with Crippen LogP contribution in [0.4, 0.5) is 22.7 Å². The van der Waals surface area contributed by atoms with Crippen LogP contribution in [0, 0.1) is 18.8 Å². The zero-order valence-electron chi connectivity index (χ0n) is 22.8. The third kappa shape index (κ3) is 4.01. The smallest absolute Gasteiger partial charge is 0.285 e.